The molecule has 186 valence electrons. The van der Waals surface area contributed by atoms with Gasteiger partial charge >= 0.3 is 6.09 Å². The molecule has 0 saturated heterocycles. The summed E-state index contributed by atoms with van der Waals surface area (Å²) in [6, 6.07) is 17.2. The van der Waals surface area contributed by atoms with E-state index in [2.05, 4.69) is 15.6 Å². The van der Waals surface area contributed by atoms with Gasteiger partial charge < -0.3 is 25.3 Å². The van der Waals surface area contributed by atoms with Gasteiger partial charge in [-0.2, -0.15) is 4.98 Å². The van der Waals surface area contributed by atoms with Crippen LogP contribution in [0.3, 0.4) is 0 Å². The quantitative estimate of drug-likeness (QED) is 0.289. The Balaban J connectivity index is 1.68. The lowest BCUT2D eigenvalue weighted by molar-refractivity contribution is 0.144. The Morgan fingerprint density at radius 1 is 1.11 bits per heavy atom. The molecule has 0 unspecified atom stereocenters. The third kappa shape index (κ3) is 4.01. The van der Waals surface area contributed by atoms with Crippen LogP contribution in [0.25, 0.3) is 33.6 Å². The summed E-state index contributed by atoms with van der Waals surface area (Å²) >= 11 is 0. The summed E-state index contributed by atoms with van der Waals surface area (Å²) in [5, 5.41) is 24.6. The highest BCUT2D eigenvalue weighted by molar-refractivity contribution is 6.00. The van der Waals surface area contributed by atoms with Crippen molar-refractivity contribution in [2.45, 2.75) is 38.3 Å². The standard InChI is InChI=1S/C27H28N4O5/c1-2-31-24(33)21-20(17-7-4-3-5-8-17)22(36-23(21)29-25(31)28-15-16-32)18-9-11-19(12-10-18)27(13-6-14-27)30-26(34)35/h3-5,7-12,30,32H,2,6,13-16H2,1H3,(H,28,29)(H,34,35). The van der Waals surface area contributed by atoms with E-state index < -0.39 is 11.6 Å². The summed E-state index contributed by atoms with van der Waals surface area (Å²) in [6.45, 7) is 2.42. The van der Waals surface area contributed by atoms with E-state index in [0.29, 0.717) is 29.2 Å². The van der Waals surface area contributed by atoms with Crippen molar-refractivity contribution < 1.29 is 19.4 Å². The molecule has 9 heteroatoms. The molecule has 0 bridgehead atoms. The molecule has 1 amide bonds. The average Bonchev–Trinajstić information content (AvgIpc) is 3.25. The summed E-state index contributed by atoms with van der Waals surface area (Å²) in [6.07, 6.45) is 1.43. The van der Waals surface area contributed by atoms with Crippen molar-refractivity contribution in [3.8, 4) is 22.5 Å². The molecular weight excluding hydrogens is 460 g/mol. The fraction of sp³-hybridized carbons (Fsp3) is 0.296. The van der Waals surface area contributed by atoms with Gasteiger partial charge in [0.1, 0.15) is 11.1 Å². The predicted octanol–water partition coefficient (Wildman–Crippen LogP) is 4.39. The molecule has 1 fully saturated rings. The van der Waals surface area contributed by atoms with Gasteiger partial charge in [-0.15, -0.1) is 0 Å². The molecule has 1 saturated carbocycles. The van der Waals surface area contributed by atoms with Crippen LogP contribution in [0, 0.1) is 0 Å². The topological polar surface area (TPSA) is 130 Å². The Labute approximate surface area is 207 Å². The van der Waals surface area contributed by atoms with E-state index in [9.17, 15) is 19.8 Å². The van der Waals surface area contributed by atoms with E-state index in [1.54, 1.807) is 0 Å². The average molecular weight is 489 g/mol. The normalized spacial score (nSPS) is 14.4. The number of nitrogens with zero attached hydrogens (tertiary/aromatic N) is 2. The van der Waals surface area contributed by atoms with Crippen molar-refractivity contribution in [3.63, 3.8) is 0 Å². The number of rotatable bonds is 8. The van der Waals surface area contributed by atoms with Crippen LogP contribution in [0.4, 0.5) is 10.7 Å². The fourth-order valence-electron chi connectivity index (χ4n) is 4.93. The number of aromatic nitrogens is 2. The maximum absolute atomic E-state index is 13.6. The SMILES string of the molecule is CCn1c(NCCO)nc2oc(-c3ccc(C4(NC(=O)O)CCC4)cc3)c(-c3ccccc3)c2c1=O. The number of furan rings is 1. The molecular formula is C27H28N4O5. The van der Waals surface area contributed by atoms with Gasteiger partial charge in [-0.25, -0.2) is 4.79 Å². The summed E-state index contributed by atoms with van der Waals surface area (Å²) in [5.41, 5.74) is 2.57. The smallest absolute Gasteiger partial charge is 0.405 e. The Morgan fingerprint density at radius 3 is 2.42 bits per heavy atom. The van der Waals surface area contributed by atoms with Crippen molar-refractivity contribution in [1.82, 2.24) is 14.9 Å². The fourth-order valence-corrected chi connectivity index (χ4v) is 4.93. The number of benzene rings is 2. The van der Waals surface area contributed by atoms with E-state index in [4.69, 9.17) is 4.42 Å². The number of carbonyl (C=O) groups is 1. The molecule has 2 aromatic carbocycles. The second-order valence-electron chi connectivity index (χ2n) is 8.93. The number of hydrogen-bond donors (Lipinski definition) is 4. The number of anilines is 1. The van der Waals surface area contributed by atoms with Gasteiger partial charge in [0.15, 0.2) is 0 Å². The largest absolute Gasteiger partial charge is 0.465 e. The molecule has 2 heterocycles. The molecule has 36 heavy (non-hydrogen) atoms. The highest BCUT2D eigenvalue weighted by Gasteiger charge is 2.40. The number of amides is 1. The third-order valence-electron chi connectivity index (χ3n) is 6.84. The molecule has 5 rings (SSSR count). The van der Waals surface area contributed by atoms with Gasteiger partial charge in [-0.1, -0.05) is 54.6 Å². The van der Waals surface area contributed by atoms with Crippen LogP contribution in [0.5, 0.6) is 0 Å². The maximum atomic E-state index is 13.6. The molecule has 0 aliphatic heterocycles. The highest BCUT2D eigenvalue weighted by Crippen LogP contribution is 2.43. The van der Waals surface area contributed by atoms with Crippen molar-refractivity contribution in [1.29, 1.82) is 0 Å². The van der Waals surface area contributed by atoms with Crippen LogP contribution in [0.1, 0.15) is 31.7 Å². The van der Waals surface area contributed by atoms with Crippen molar-refractivity contribution in [3.05, 3.63) is 70.5 Å². The lowest BCUT2D eigenvalue weighted by Crippen LogP contribution is -2.50. The van der Waals surface area contributed by atoms with Crippen molar-refractivity contribution in [2.75, 3.05) is 18.5 Å². The van der Waals surface area contributed by atoms with Gasteiger partial charge in [-0.05, 0) is 37.3 Å². The lowest BCUT2D eigenvalue weighted by atomic mass is 9.72. The van der Waals surface area contributed by atoms with Crippen LogP contribution in [-0.2, 0) is 12.1 Å². The zero-order valence-corrected chi connectivity index (χ0v) is 20.0. The van der Waals surface area contributed by atoms with E-state index in [1.165, 1.54) is 4.57 Å². The molecule has 9 nitrogen and oxygen atoms in total. The van der Waals surface area contributed by atoms with Gasteiger partial charge in [0.05, 0.1) is 12.1 Å². The first kappa shape index (κ1) is 23.6. The monoisotopic (exact) mass is 488 g/mol. The zero-order chi connectivity index (χ0) is 25.3. The molecule has 4 N–H and O–H groups in total. The van der Waals surface area contributed by atoms with Crippen molar-refractivity contribution in [2.24, 2.45) is 0 Å². The van der Waals surface area contributed by atoms with E-state index in [1.807, 2.05) is 61.5 Å². The number of carboxylic acid groups (broad SMARTS) is 1. The third-order valence-corrected chi connectivity index (χ3v) is 6.84. The summed E-state index contributed by atoms with van der Waals surface area (Å²) < 4.78 is 7.77. The van der Waals surface area contributed by atoms with Crippen LogP contribution >= 0.6 is 0 Å². The Morgan fingerprint density at radius 2 is 1.83 bits per heavy atom. The van der Waals surface area contributed by atoms with E-state index in [-0.39, 0.29) is 24.4 Å². The van der Waals surface area contributed by atoms with Crippen LogP contribution in [0.2, 0.25) is 0 Å². The van der Waals surface area contributed by atoms with Gasteiger partial charge in [0.25, 0.3) is 5.56 Å². The molecule has 0 spiro atoms. The number of aliphatic hydroxyl groups excluding tert-OH is 1. The molecule has 0 radical (unpaired) electrons. The molecule has 2 aromatic heterocycles. The number of hydrogen-bond acceptors (Lipinski definition) is 6. The first-order chi connectivity index (χ1) is 17.5. The Kier molecular flexibility index (Phi) is 6.24. The highest BCUT2D eigenvalue weighted by atomic mass is 16.4. The second kappa shape index (κ2) is 9.50. The lowest BCUT2D eigenvalue weighted by Gasteiger charge is -2.42. The number of aliphatic hydroxyl groups is 1. The van der Waals surface area contributed by atoms with Crippen LogP contribution < -0.4 is 16.2 Å². The predicted molar refractivity (Wildman–Crippen MR) is 137 cm³/mol. The minimum absolute atomic E-state index is 0.0964. The molecule has 1 aliphatic rings. The summed E-state index contributed by atoms with van der Waals surface area (Å²) in [5.74, 6) is 0.856. The molecule has 4 aromatic rings. The van der Waals surface area contributed by atoms with Crippen LogP contribution in [-0.4, -0.2) is 39.0 Å². The minimum atomic E-state index is -1.04. The first-order valence-corrected chi connectivity index (χ1v) is 12.1. The Hall–Kier alpha value is -4.11. The summed E-state index contributed by atoms with van der Waals surface area (Å²) in [7, 11) is 0. The van der Waals surface area contributed by atoms with E-state index in [0.717, 1.165) is 36.0 Å². The van der Waals surface area contributed by atoms with Gasteiger partial charge in [-0.3, -0.25) is 9.36 Å². The minimum Gasteiger partial charge on any atom is -0.465 e. The van der Waals surface area contributed by atoms with Crippen LogP contribution in [0.15, 0.2) is 63.8 Å². The van der Waals surface area contributed by atoms with Gasteiger partial charge in [0, 0.05) is 24.2 Å². The zero-order valence-electron chi connectivity index (χ0n) is 20.0. The van der Waals surface area contributed by atoms with Crippen molar-refractivity contribution >= 4 is 23.1 Å². The van der Waals surface area contributed by atoms with E-state index >= 15 is 0 Å². The molecule has 0 atom stereocenters. The number of fused-ring (bicyclic) bond motifs is 1. The molecule has 1 aliphatic carbocycles. The number of nitrogens with one attached hydrogen (secondary N) is 2. The second-order valence-corrected chi connectivity index (χ2v) is 8.93. The van der Waals surface area contributed by atoms with Gasteiger partial charge in [0.2, 0.25) is 11.7 Å². The Bertz CT molecular complexity index is 1450. The summed E-state index contributed by atoms with van der Waals surface area (Å²) in [4.78, 5) is 29.6. The first-order valence-electron chi connectivity index (χ1n) is 12.1. The maximum Gasteiger partial charge on any atom is 0.405 e.